The zero-order chi connectivity index (χ0) is 9.68. The van der Waals surface area contributed by atoms with Crippen LogP contribution in [0.2, 0.25) is 0 Å². The number of nitrogens with zero attached hydrogens (tertiary/aromatic N) is 1. The van der Waals surface area contributed by atoms with Crippen LogP contribution in [0, 0.1) is 5.92 Å². The van der Waals surface area contributed by atoms with E-state index in [-0.39, 0.29) is 0 Å². The van der Waals surface area contributed by atoms with Crippen molar-refractivity contribution in [3.8, 4) is 0 Å². The van der Waals surface area contributed by atoms with Crippen molar-refractivity contribution in [3.63, 3.8) is 0 Å². The zero-order valence-corrected chi connectivity index (χ0v) is 8.79. The van der Waals surface area contributed by atoms with Crippen LogP contribution in [-0.2, 0) is 0 Å². The van der Waals surface area contributed by atoms with Crippen LogP contribution in [0.4, 0.5) is 0 Å². The zero-order valence-electron chi connectivity index (χ0n) is 8.79. The number of nitrogens with one attached hydrogen (secondary N) is 1. The molecule has 0 spiro atoms. The van der Waals surface area contributed by atoms with E-state index in [1.165, 1.54) is 6.54 Å². The molecule has 1 unspecified atom stereocenters. The molecule has 0 aromatic carbocycles. The van der Waals surface area contributed by atoms with Crippen LogP contribution in [0.1, 0.15) is 20.3 Å². The Bertz CT molecular complexity index is 137. The summed E-state index contributed by atoms with van der Waals surface area (Å²) in [6.07, 6.45) is 0.884. The molecule has 0 radical (unpaired) electrons. The summed E-state index contributed by atoms with van der Waals surface area (Å²) in [5.74, 6) is 0.743. The van der Waals surface area contributed by atoms with E-state index in [1.807, 2.05) is 0 Å². The molecule has 1 fully saturated rings. The predicted molar refractivity (Wildman–Crippen MR) is 54.8 cm³/mol. The second-order valence-electron chi connectivity index (χ2n) is 4.32. The largest absolute Gasteiger partial charge is 0.396 e. The van der Waals surface area contributed by atoms with Gasteiger partial charge in [-0.25, -0.2) is 0 Å². The van der Waals surface area contributed by atoms with Crippen LogP contribution in [0.5, 0.6) is 0 Å². The summed E-state index contributed by atoms with van der Waals surface area (Å²) >= 11 is 0. The first-order valence-corrected chi connectivity index (χ1v) is 5.29. The summed E-state index contributed by atoms with van der Waals surface area (Å²) < 4.78 is 0. The van der Waals surface area contributed by atoms with Gasteiger partial charge in [0.05, 0.1) is 0 Å². The van der Waals surface area contributed by atoms with Crippen LogP contribution in [0.15, 0.2) is 0 Å². The highest BCUT2D eigenvalue weighted by Gasteiger charge is 2.18. The average Bonchev–Trinajstić information content (AvgIpc) is 2.04. The van der Waals surface area contributed by atoms with Crippen molar-refractivity contribution < 1.29 is 5.11 Å². The molecule has 0 aromatic rings. The SMILES string of the molecule is CC(C)CN1CCNC(CCO)C1. The average molecular weight is 186 g/mol. The number of aliphatic hydroxyl groups is 1. The molecule has 3 nitrogen and oxygen atoms in total. The molecule has 0 aliphatic carbocycles. The van der Waals surface area contributed by atoms with Gasteiger partial charge in [0.2, 0.25) is 0 Å². The predicted octanol–water partition coefficient (Wildman–Crippen LogP) is 0.299. The fourth-order valence-electron chi connectivity index (χ4n) is 1.93. The van der Waals surface area contributed by atoms with E-state index in [0.29, 0.717) is 12.6 Å². The van der Waals surface area contributed by atoms with Gasteiger partial charge in [-0.3, -0.25) is 0 Å². The molecule has 3 heteroatoms. The highest BCUT2D eigenvalue weighted by Crippen LogP contribution is 2.05. The molecule has 1 saturated heterocycles. The van der Waals surface area contributed by atoms with Crippen LogP contribution < -0.4 is 5.32 Å². The standard InChI is InChI=1S/C10H22N2O/c1-9(2)7-12-5-4-11-10(8-12)3-6-13/h9-11,13H,3-8H2,1-2H3. The molecule has 0 amide bonds. The lowest BCUT2D eigenvalue weighted by molar-refractivity contribution is 0.160. The Balaban J connectivity index is 2.24. The van der Waals surface area contributed by atoms with Gasteiger partial charge < -0.3 is 15.3 Å². The Kier molecular flexibility index (Phi) is 4.70. The molecule has 2 N–H and O–H groups in total. The molecule has 78 valence electrons. The molecule has 13 heavy (non-hydrogen) atoms. The molecular weight excluding hydrogens is 164 g/mol. The Labute approximate surface area is 81.1 Å². The van der Waals surface area contributed by atoms with Crippen molar-refractivity contribution >= 4 is 0 Å². The molecule has 1 heterocycles. The molecule has 1 aliphatic heterocycles. The number of hydrogen-bond acceptors (Lipinski definition) is 3. The van der Waals surface area contributed by atoms with Gasteiger partial charge in [0, 0.05) is 38.8 Å². The lowest BCUT2D eigenvalue weighted by atomic mass is 10.1. The van der Waals surface area contributed by atoms with Crippen molar-refractivity contribution in [2.75, 3.05) is 32.8 Å². The quantitative estimate of drug-likeness (QED) is 0.663. The summed E-state index contributed by atoms with van der Waals surface area (Å²) in [7, 11) is 0. The third kappa shape index (κ3) is 4.07. The monoisotopic (exact) mass is 186 g/mol. The van der Waals surface area contributed by atoms with Crippen molar-refractivity contribution in [1.29, 1.82) is 0 Å². The van der Waals surface area contributed by atoms with Crippen molar-refractivity contribution in [2.24, 2.45) is 5.92 Å². The summed E-state index contributed by atoms with van der Waals surface area (Å²) in [6.45, 7) is 9.30. The molecular formula is C10H22N2O. The van der Waals surface area contributed by atoms with Crippen molar-refractivity contribution in [3.05, 3.63) is 0 Å². The molecule has 0 aromatic heterocycles. The maximum atomic E-state index is 8.83. The van der Waals surface area contributed by atoms with Gasteiger partial charge in [-0.05, 0) is 12.3 Å². The summed E-state index contributed by atoms with van der Waals surface area (Å²) in [6, 6.07) is 0.498. The van der Waals surface area contributed by atoms with Gasteiger partial charge in [0.25, 0.3) is 0 Å². The summed E-state index contributed by atoms with van der Waals surface area (Å²) in [4.78, 5) is 2.49. The van der Waals surface area contributed by atoms with E-state index in [4.69, 9.17) is 5.11 Å². The fourth-order valence-corrected chi connectivity index (χ4v) is 1.93. The smallest absolute Gasteiger partial charge is 0.0446 e. The van der Waals surface area contributed by atoms with Crippen LogP contribution in [-0.4, -0.2) is 48.8 Å². The number of rotatable bonds is 4. The van der Waals surface area contributed by atoms with Crippen LogP contribution in [0.3, 0.4) is 0 Å². The third-order valence-electron chi connectivity index (χ3n) is 2.44. The minimum atomic E-state index is 0.299. The normalized spacial score (nSPS) is 25.4. The Morgan fingerprint density at radius 3 is 2.92 bits per heavy atom. The van der Waals surface area contributed by atoms with E-state index < -0.39 is 0 Å². The minimum absolute atomic E-state index is 0.299. The van der Waals surface area contributed by atoms with Crippen molar-refractivity contribution in [1.82, 2.24) is 10.2 Å². The molecule has 1 atom stereocenters. The highest BCUT2D eigenvalue weighted by molar-refractivity contribution is 4.78. The first kappa shape index (κ1) is 11.0. The maximum absolute atomic E-state index is 8.83. The van der Waals surface area contributed by atoms with Gasteiger partial charge in [0.1, 0.15) is 0 Å². The summed E-state index contributed by atoms with van der Waals surface area (Å²) in [5.41, 5.74) is 0. The number of aliphatic hydroxyl groups excluding tert-OH is 1. The van der Waals surface area contributed by atoms with Crippen LogP contribution >= 0.6 is 0 Å². The second-order valence-corrected chi connectivity index (χ2v) is 4.32. The topological polar surface area (TPSA) is 35.5 Å². The van der Waals surface area contributed by atoms with Gasteiger partial charge in [-0.1, -0.05) is 13.8 Å². The Morgan fingerprint density at radius 1 is 1.54 bits per heavy atom. The third-order valence-corrected chi connectivity index (χ3v) is 2.44. The molecule has 0 saturated carbocycles. The van der Waals surface area contributed by atoms with E-state index >= 15 is 0 Å². The first-order chi connectivity index (χ1) is 6.22. The second kappa shape index (κ2) is 5.58. The minimum Gasteiger partial charge on any atom is -0.396 e. The van der Waals surface area contributed by atoms with Gasteiger partial charge in [-0.15, -0.1) is 0 Å². The van der Waals surface area contributed by atoms with Crippen LogP contribution in [0.25, 0.3) is 0 Å². The summed E-state index contributed by atoms with van der Waals surface area (Å²) in [5, 5.41) is 12.2. The fraction of sp³-hybridized carbons (Fsp3) is 1.00. The van der Waals surface area contributed by atoms with E-state index in [0.717, 1.165) is 32.0 Å². The lowest BCUT2D eigenvalue weighted by Crippen LogP contribution is -2.51. The molecule has 0 bridgehead atoms. The highest BCUT2D eigenvalue weighted by atomic mass is 16.3. The van der Waals surface area contributed by atoms with E-state index in [1.54, 1.807) is 0 Å². The number of hydrogen-bond donors (Lipinski definition) is 2. The van der Waals surface area contributed by atoms with E-state index in [2.05, 4.69) is 24.1 Å². The van der Waals surface area contributed by atoms with Crippen molar-refractivity contribution in [2.45, 2.75) is 26.3 Å². The van der Waals surface area contributed by atoms with Gasteiger partial charge >= 0.3 is 0 Å². The Morgan fingerprint density at radius 2 is 2.31 bits per heavy atom. The van der Waals surface area contributed by atoms with E-state index in [9.17, 15) is 0 Å². The number of piperazine rings is 1. The van der Waals surface area contributed by atoms with Gasteiger partial charge in [0.15, 0.2) is 0 Å². The molecule has 1 aliphatic rings. The van der Waals surface area contributed by atoms with Gasteiger partial charge in [-0.2, -0.15) is 0 Å². The molecule has 1 rings (SSSR count). The first-order valence-electron chi connectivity index (χ1n) is 5.29. The Hall–Kier alpha value is -0.120. The lowest BCUT2D eigenvalue weighted by Gasteiger charge is -2.34. The maximum Gasteiger partial charge on any atom is 0.0446 e.